The van der Waals surface area contributed by atoms with Gasteiger partial charge in [-0.05, 0) is 36.4 Å². The first kappa shape index (κ1) is 18.7. The summed E-state index contributed by atoms with van der Waals surface area (Å²) < 4.78 is 0. The van der Waals surface area contributed by atoms with Crippen molar-refractivity contribution in [2.75, 3.05) is 16.8 Å². The van der Waals surface area contributed by atoms with Crippen LogP contribution in [-0.4, -0.2) is 35.3 Å². The predicted molar refractivity (Wildman–Crippen MR) is 105 cm³/mol. The van der Waals surface area contributed by atoms with E-state index in [2.05, 4.69) is 11.9 Å². The van der Waals surface area contributed by atoms with Crippen LogP contribution in [0.1, 0.15) is 6.42 Å². The zero-order chi connectivity index (χ0) is 19.4. The van der Waals surface area contributed by atoms with E-state index in [0.717, 1.165) is 4.90 Å². The van der Waals surface area contributed by atoms with Crippen LogP contribution in [0.4, 0.5) is 16.2 Å². The molecule has 0 aliphatic carbocycles. The van der Waals surface area contributed by atoms with Crippen molar-refractivity contribution in [2.24, 2.45) is 0 Å². The van der Waals surface area contributed by atoms with Gasteiger partial charge in [0.25, 0.3) is 5.91 Å². The fraction of sp³-hybridized carbons (Fsp3) is 0.150. The number of carbonyl (C=O) groups is 3. The molecule has 0 unspecified atom stereocenters. The minimum Gasteiger partial charge on any atom is -0.326 e. The average molecular weight is 384 g/mol. The molecule has 138 valence electrons. The zero-order valence-corrected chi connectivity index (χ0v) is 15.2. The lowest BCUT2D eigenvalue weighted by atomic mass is 10.1. The Hall–Kier alpha value is -3.12. The number of hydrogen-bond acceptors (Lipinski definition) is 3. The molecule has 1 aliphatic rings. The lowest BCUT2D eigenvalue weighted by Crippen LogP contribution is -2.38. The molecule has 1 atom stereocenters. The molecule has 0 aromatic heterocycles. The number of hydrogen-bond donors (Lipinski definition) is 1. The Morgan fingerprint density at radius 2 is 1.78 bits per heavy atom. The van der Waals surface area contributed by atoms with Gasteiger partial charge in [-0.15, -0.1) is 6.58 Å². The third-order valence-electron chi connectivity index (χ3n) is 4.17. The Kier molecular flexibility index (Phi) is 5.57. The van der Waals surface area contributed by atoms with Crippen molar-refractivity contribution in [1.29, 1.82) is 0 Å². The first-order valence-corrected chi connectivity index (χ1v) is 8.75. The standard InChI is InChI=1S/C20H18ClN3O3/c1-2-12-23-17(13-18(25)22-15-10-8-14(21)9-11-15)19(26)24(20(23)27)16-6-4-3-5-7-16/h2-11,17H,1,12-13H2,(H,22,25)/t17-/m1/s1. The molecule has 0 spiro atoms. The van der Waals surface area contributed by atoms with Crippen molar-refractivity contribution >= 4 is 40.8 Å². The first-order chi connectivity index (χ1) is 13.0. The van der Waals surface area contributed by atoms with Gasteiger partial charge in [-0.3, -0.25) is 9.59 Å². The van der Waals surface area contributed by atoms with Crippen molar-refractivity contribution in [2.45, 2.75) is 12.5 Å². The molecule has 1 heterocycles. The molecule has 6 nitrogen and oxygen atoms in total. The van der Waals surface area contributed by atoms with Crippen molar-refractivity contribution in [3.63, 3.8) is 0 Å². The molecule has 0 radical (unpaired) electrons. The number of para-hydroxylation sites is 1. The lowest BCUT2D eigenvalue weighted by molar-refractivity contribution is -0.124. The molecule has 3 rings (SSSR count). The van der Waals surface area contributed by atoms with Crippen molar-refractivity contribution < 1.29 is 14.4 Å². The molecule has 2 aromatic rings. The van der Waals surface area contributed by atoms with Gasteiger partial charge >= 0.3 is 6.03 Å². The molecular weight excluding hydrogens is 366 g/mol. The molecular formula is C20H18ClN3O3. The van der Waals surface area contributed by atoms with E-state index < -0.39 is 18.0 Å². The maximum absolute atomic E-state index is 12.9. The predicted octanol–water partition coefficient (Wildman–Crippen LogP) is 3.69. The van der Waals surface area contributed by atoms with Crippen molar-refractivity contribution in [1.82, 2.24) is 4.90 Å². The average Bonchev–Trinajstić information content (AvgIpc) is 2.89. The molecule has 1 N–H and O–H groups in total. The summed E-state index contributed by atoms with van der Waals surface area (Å²) in [6, 6.07) is 13.9. The van der Waals surface area contributed by atoms with Gasteiger partial charge < -0.3 is 10.2 Å². The monoisotopic (exact) mass is 383 g/mol. The van der Waals surface area contributed by atoms with E-state index in [-0.39, 0.29) is 18.9 Å². The third kappa shape index (κ3) is 4.01. The number of amides is 4. The van der Waals surface area contributed by atoms with E-state index >= 15 is 0 Å². The molecule has 0 saturated carbocycles. The molecule has 1 aliphatic heterocycles. The largest absolute Gasteiger partial charge is 0.332 e. The maximum atomic E-state index is 12.9. The number of anilines is 2. The zero-order valence-electron chi connectivity index (χ0n) is 14.5. The van der Waals surface area contributed by atoms with Crippen LogP contribution in [0.25, 0.3) is 0 Å². The van der Waals surface area contributed by atoms with Crippen LogP contribution in [0.5, 0.6) is 0 Å². The SMILES string of the molecule is C=CCN1C(=O)N(c2ccccc2)C(=O)[C@H]1CC(=O)Nc1ccc(Cl)cc1. The van der Waals surface area contributed by atoms with Crippen molar-refractivity contribution in [3.05, 3.63) is 72.3 Å². The van der Waals surface area contributed by atoms with Gasteiger partial charge in [-0.2, -0.15) is 0 Å². The van der Waals surface area contributed by atoms with Crippen molar-refractivity contribution in [3.8, 4) is 0 Å². The summed E-state index contributed by atoms with van der Waals surface area (Å²) in [7, 11) is 0. The number of urea groups is 1. The van der Waals surface area contributed by atoms with E-state index in [1.54, 1.807) is 54.6 Å². The molecule has 2 aromatic carbocycles. The fourth-order valence-corrected chi connectivity index (χ4v) is 3.04. The van der Waals surface area contributed by atoms with Gasteiger partial charge in [0.2, 0.25) is 5.91 Å². The van der Waals surface area contributed by atoms with Crippen LogP contribution < -0.4 is 10.2 Å². The van der Waals surface area contributed by atoms with Gasteiger partial charge in [0.05, 0.1) is 12.1 Å². The molecule has 1 fully saturated rings. The molecule has 0 bridgehead atoms. The summed E-state index contributed by atoms with van der Waals surface area (Å²) in [6.07, 6.45) is 1.38. The number of halogens is 1. The minimum atomic E-state index is -0.886. The van der Waals surface area contributed by atoms with Crippen LogP contribution in [0.2, 0.25) is 5.02 Å². The Bertz CT molecular complexity index is 868. The summed E-state index contributed by atoms with van der Waals surface area (Å²) in [5, 5.41) is 3.27. The van der Waals surface area contributed by atoms with Crippen LogP contribution in [0, 0.1) is 0 Å². The number of benzene rings is 2. The molecule has 7 heteroatoms. The van der Waals surface area contributed by atoms with E-state index in [1.165, 1.54) is 11.0 Å². The number of imide groups is 1. The smallest absolute Gasteiger partial charge is 0.326 e. The second-order valence-electron chi connectivity index (χ2n) is 6.01. The molecule has 4 amide bonds. The van der Waals surface area contributed by atoms with Crippen LogP contribution in [0.3, 0.4) is 0 Å². The topological polar surface area (TPSA) is 69.7 Å². The number of nitrogens with one attached hydrogen (secondary N) is 1. The Labute approximate surface area is 162 Å². The second kappa shape index (κ2) is 8.05. The Morgan fingerprint density at radius 1 is 1.11 bits per heavy atom. The fourth-order valence-electron chi connectivity index (χ4n) is 2.92. The van der Waals surface area contributed by atoms with Gasteiger partial charge in [-0.25, -0.2) is 9.69 Å². The van der Waals surface area contributed by atoms with E-state index in [0.29, 0.717) is 16.4 Å². The summed E-state index contributed by atoms with van der Waals surface area (Å²) in [4.78, 5) is 40.5. The summed E-state index contributed by atoms with van der Waals surface area (Å²) in [6.45, 7) is 3.81. The lowest BCUT2D eigenvalue weighted by Gasteiger charge is -2.19. The minimum absolute atomic E-state index is 0.148. The molecule has 27 heavy (non-hydrogen) atoms. The number of nitrogens with zero attached hydrogens (tertiary/aromatic N) is 2. The summed E-state index contributed by atoms with van der Waals surface area (Å²) in [5.74, 6) is -0.799. The third-order valence-corrected chi connectivity index (χ3v) is 4.42. The van der Waals surface area contributed by atoms with Gasteiger partial charge in [-0.1, -0.05) is 35.9 Å². The van der Waals surface area contributed by atoms with Gasteiger partial charge in [0, 0.05) is 17.3 Å². The number of carbonyl (C=O) groups excluding carboxylic acids is 3. The Balaban J connectivity index is 1.78. The number of rotatable bonds is 6. The Morgan fingerprint density at radius 3 is 2.41 bits per heavy atom. The van der Waals surface area contributed by atoms with Gasteiger partial charge in [0.1, 0.15) is 6.04 Å². The van der Waals surface area contributed by atoms with E-state index in [1.807, 2.05) is 0 Å². The second-order valence-corrected chi connectivity index (χ2v) is 6.44. The highest BCUT2D eigenvalue weighted by Crippen LogP contribution is 2.27. The quantitative estimate of drug-likeness (QED) is 0.611. The molecule has 1 saturated heterocycles. The first-order valence-electron chi connectivity index (χ1n) is 8.37. The normalized spacial score (nSPS) is 16.6. The van der Waals surface area contributed by atoms with Gasteiger partial charge in [0.15, 0.2) is 0 Å². The van der Waals surface area contributed by atoms with Crippen LogP contribution in [0.15, 0.2) is 67.3 Å². The highest BCUT2D eigenvalue weighted by atomic mass is 35.5. The summed E-state index contributed by atoms with van der Waals surface area (Å²) in [5.41, 5.74) is 1.04. The van der Waals surface area contributed by atoms with E-state index in [4.69, 9.17) is 11.6 Å². The van der Waals surface area contributed by atoms with Crippen LogP contribution in [-0.2, 0) is 9.59 Å². The van der Waals surface area contributed by atoms with Crippen LogP contribution >= 0.6 is 11.6 Å². The highest BCUT2D eigenvalue weighted by Gasteiger charge is 2.46. The maximum Gasteiger partial charge on any atom is 0.332 e. The van der Waals surface area contributed by atoms with E-state index in [9.17, 15) is 14.4 Å². The summed E-state index contributed by atoms with van der Waals surface area (Å²) >= 11 is 5.83. The highest BCUT2D eigenvalue weighted by molar-refractivity contribution is 6.30.